The molecule has 0 saturated heterocycles. The van der Waals surface area contributed by atoms with E-state index in [1.165, 1.54) is 7.11 Å². The van der Waals surface area contributed by atoms with E-state index in [9.17, 15) is 4.79 Å². The van der Waals surface area contributed by atoms with E-state index in [1.54, 1.807) is 0 Å². The molecule has 0 bridgehead atoms. The molecule has 0 spiro atoms. The third kappa shape index (κ3) is 3.97. The molecule has 0 aliphatic carbocycles. The minimum Gasteiger partial charge on any atom is -0.469 e. The van der Waals surface area contributed by atoms with Gasteiger partial charge in [-0.2, -0.15) is 0 Å². The second-order valence-corrected chi connectivity index (χ2v) is 1.84. The number of esters is 1. The van der Waals surface area contributed by atoms with Crippen molar-refractivity contribution in [1.82, 2.24) is 0 Å². The van der Waals surface area contributed by atoms with E-state index in [-0.39, 0.29) is 12.4 Å². The first-order chi connectivity index (χ1) is 4.20. The molecule has 0 heterocycles. The van der Waals surface area contributed by atoms with Crippen molar-refractivity contribution < 1.29 is 14.6 Å². The Balaban J connectivity index is 3.34. The number of hydrogen-bond acceptors (Lipinski definition) is 3. The van der Waals surface area contributed by atoms with E-state index in [1.807, 2.05) is 6.92 Å². The molecule has 1 N–H and O–H groups in total. The predicted octanol–water partition coefficient (Wildman–Crippen LogP) is 0.320. The zero-order valence-corrected chi connectivity index (χ0v) is 5.76. The van der Waals surface area contributed by atoms with Crippen molar-refractivity contribution in [3.8, 4) is 0 Å². The number of methoxy groups -OCH3 is 1. The Morgan fingerprint density at radius 2 is 2.33 bits per heavy atom. The lowest BCUT2D eigenvalue weighted by Crippen LogP contribution is -2.12. The fraction of sp³-hybridized carbons (Fsp3) is 0.833. The van der Waals surface area contributed by atoms with Crippen LogP contribution in [0.25, 0.3) is 0 Å². The molecule has 3 nitrogen and oxygen atoms in total. The largest absolute Gasteiger partial charge is 0.469 e. The van der Waals surface area contributed by atoms with Crippen LogP contribution in [0.5, 0.6) is 0 Å². The van der Waals surface area contributed by atoms with Gasteiger partial charge in [0, 0.05) is 0 Å². The predicted molar refractivity (Wildman–Crippen MR) is 32.9 cm³/mol. The smallest absolute Gasteiger partial charge is 0.308 e. The molecule has 3 heteroatoms. The number of aliphatic hydroxyl groups is 1. The summed E-state index contributed by atoms with van der Waals surface area (Å²) in [5, 5.41) is 8.86. The topological polar surface area (TPSA) is 46.5 Å². The Bertz CT molecular complexity index is 90.3. The van der Waals surface area contributed by atoms with Crippen molar-refractivity contribution in [1.29, 1.82) is 0 Å². The number of aliphatic hydroxyl groups excluding tert-OH is 1. The normalized spacial score (nSPS) is 12.8. The molecule has 0 aromatic carbocycles. The lowest BCUT2D eigenvalue weighted by molar-refractivity contribution is -0.142. The van der Waals surface area contributed by atoms with Crippen molar-refractivity contribution in [3.05, 3.63) is 0 Å². The van der Waals surface area contributed by atoms with Gasteiger partial charge < -0.3 is 9.84 Å². The Morgan fingerprint density at radius 3 is 2.67 bits per heavy atom. The summed E-state index contributed by atoms with van der Waals surface area (Å²) in [6, 6.07) is 0. The van der Waals surface area contributed by atoms with Crippen molar-refractivity contribution in [3.63, 3.8) is 0 Å². The van der Waals surface area contributed by atoms with E-state index in [2.05, 4.69) is 4.74 Å². The molecule has 0 radical (unpaired) electrons. The van der Waals surface area contributed by atoms with Gasteiger partial charge >= 0.3 is 5.97 Å². The Kier molecular flexibility index (Phi) is 4.05. The summed E-state index contributed by atoms with van der Waals surface area (Å²) < 4.78 is 4.32. The maximum Gasteiger partial charge on any atom is 0.308 e. The zero-order chi connectivity index (χ0) is 7.28. The molecule has 0 aliphatic rings. The van der Waals surface area contributed by atoms with E-state index < -0.39 is 6.10 Å². The summed E-state index contributed by atoms with van der Waals surface area (Å²) in [6.07, 6.45) is 0.152. The molecule has 54 valence electrons. The minimum atomic E-state index is -0.544. The van der Waals surface area contributed by atoms with Crippen LogP contribution < -0.4 is 0 Å². The first-order valence-corrected chi connectivity index (χ1v) is 2.95. The van der Waals surface area contributed by atoms with Gasteiger partial charge in [-0.3, -0.25) is 4.79 Å². The van der Waals surface area contributed by atoms with Crippen LogP contribution in [-0.2, 0) is 9.53 Å². The van der Waals surface area contributed by atoms with Gasteiger partial charge in [0.25, 0.3) is 0 Å². The summed E-state index contributed by atoms with van der Waals surface area (Å²) in [7, 11) is 1.31. The number of hydrogen-bond donors (Lipinski definition) is 1. The van der Waals surface area contributed by atoms with E-state index in [4.69, 9.17) is 5.11 Å². The summed E-state index contributed by atoms with van der Waals surface area (Å²) in [4.78, 5) is 10.4. The number of ether oxygens (including phenoxy) is 1. The van der Waals surface area contributed by atoms with Gasteiger partial charge in [-0.1, -0.05) is 6.92 Å². The lowest BCUT2D eigenvalue weighted by Gasteiger charge is -2.03. The van der Waals surface area contributed by atoms with Crippen LogP contribution in [0.1, 0.15) is 19.8 Å². The fourth-order valence-electron chi connectivity index (χ4n) is 0.420. The Morgan fingerprint density at radius 1 is 1.78 bits per heavy atom. The van der Waals surface area contributed by atoms with Gasteiger partial charge in [-0.05, 0) is 6.42 Å². The minimum absolute atomic E-state index is 0.104. The highest BCUT2D eigenvalue weighted by Gasteiger charge is 2.06. The highest BCUT2D eigenvalue weighted by atomic mass is 16.5. The van der Waals surface area contributed by atoms with Gasteiger partial charge in [0.05, 0.1) is 19.6 Å². The lowest BCUT2D eigenvalue weighted by atomic mass is 10.2. The van der Waals surface area contributed by atoms with Crippen LogP contribution >= 0.6 is 0 Å². The molecule has 0 fully saturated rings. The average molecular weight is 132 g/mol. The number of carbonyl (C=O) groups excluding carboxylic acids is 1. The molecule has 0 aliphatic heterocycles. The van der Waals surface area contributed by atoms with Crippen LogP contribution in [0.3, 0.4) is 0 Å². The SMILES string of the molecule is CC[C@H](O)CC(=O)OC. The second kappa shape index (κ2) is 4.32. The van der Waals surface area contributed by atoms with Gasteiger partial charge in [0.2, 0.25) is 0 Å². The van der Waals surface area contributed by atoms with Gasteiger partial charge in [-0.25, -0.2) is 0 Å². The maximum absolute atomic E-state index is 10.4. The van der Waals surface area contributed by atoms with Crippen LogP contribution in [-0.4, -0.2) is 24.3 Å². The third-order valence-electron chi connectivity index (χ3n) is 1.10. The van der Waals surface area contributed by atoms with Crippen molar-refractivity contribution >= 4 is 5.97 Å². The van der Waals surface area contributed by atoms with Crippen molar-refractivity contribution in [2.45, 2.75) is 25.9 Å². The molecule has 1 atom stereocenters. The molecular formula is C6H12O3. The Hall–Kier alpha value is -0.570. The molecule has 9 heavy (non-hydrogen) atoms. The number of carbonyl (C=O) groups is 1. The van der Waals surface area contributed by atoms with Crippen LogP contribution in [0.2, 0.25) is 0 Å². The molecule has 0 amide bonds. The van der Waals surface area contributed by atoms with Crippen LogP contribution in [0.15, 0.2) is 0 Å². The first-order valence-electron chi connectivity index (χ1n) is 2.95. The summed E-state index contributed by atoms with van der Waals surface area (Å²) in [6.45, 7) is 1.81. The third-order valence-corrected chi connectivity index (χ3v) is 1.10. The maximum atomic E-state index is 10.4. The summed E-state index contributed by atoms with van der Waals surface area (Å²) in [5.74, 6) is -0.357. The molecular weight excluding hydrogens is 120 g/mol. The van der Waals surface area contributed by atoms with E-state index in [0.29, 0.717) is 6.42 Å². The number of rotatable bonds is 3. The first kappa shape index (κ1) is 8.43. The second-order valence-electron chi connectivity index (χ2n) is 1.84. The van der Waals surface area contributed by atoms with Crippen molar-refractivity contribution in [2.75, 3.05) is 7.11 Å². The van der Waals surface area contributed by atoms with Crippen LogP contribution in [0, 0.1) is 0 Å². The van der Waals surface area contributed by atoms with Gasteiger partial charge in [-0.15, -0.1) is 0 Å². The zero-order valence-electron chi connectivity index (χ0n) is 5.76. The molecule has 0 aromatic heterocycles. The molecule has 0 aromatic rings. The van der Waals surface area contributed by atoms with Gasteiger partial charge in [0.1, 0.15) is 0 Å². The quantitative estimate of drug-likeness (QED) is 0.562. The van der Waals surface area contributed by atoms with Crippen molar-refractivity contribution in [2.24, 2.45) is 0 Å². The monoisotopic (exact) mass is 132 g/mol. The van der Waals surface area contributed by atoms with E-state index >= 15 is 0 Å². The highest BCUT2D eigenvalue weighted by molar-refractivity contribution is 5.69. The summed E-state index contributed by atoms with van der Waals surface area (Å²) >= 11 is 0. The molecule has 0 saturated carbocycles. The average Bonchev–Trinajstić information content (AvgIpc) is 1.87. The Labute approximate surface area is 54.6 Å². The fourth-order valence-corrected chi connectivity index (χ4v) is 0.420. The standard InChI is InChI=1S/C6H12O3/c1-3-5(7)4-6(8)9-2/h5,7H,3-4H2,1-2H3/t5-/m0/s1. The van der Waals surface area contributed by atoms with E-state index in [0.717, 1.165) is 0 Å². The van der Waals surface area contributed by atoms with Gasteiger partial charge in [0.15, 0.2) is 0 Å². The molecule has 0 rings (SSSR count). The highest BCUT2D eigenvalue weighted by Crippen LogP contribution is 1.96. The van der Waals surface area contributed by atoms with Crippen LogP contribution in [0.4, 0.5) is 0 Å². The summed E-state index contributed by atoms with van der Waals surface area (Å²) in [5.41, 5.74) is 0. The molecule has 0 unspecified atom stereocenters.